The first-order valence-electron chi connectivity index (χ1n) is 8.03. The van der Waals surface area contributed by atoms with Gasteiger partial charge in [0.25, 0.3) is 0 Å². The van der Waals surface area contributed by atoms with E-state index in [1.807, 2.05) is 33.2 Å². The van der Waals surface area contributed by atoms with Crippen LogP contribution in [-0.2, 0) is 11.3 Å². The van der Waals surface area contributed by atoms with E-state index in [9.17, 15) is 0 Å². The highest BCUT2D eigenvalue weighted by molar-refractivity contribution is 5.79. The number of aromatic nitrogens is 2. The average Bonchev–Trinajstić information content (AvgIpc) is 2.90. The van der Waals surface area contributed by atoms with Crippen molar-refractivity contribution in [3.8, 4) is 0 Å². The van der Waals surface area contributed by atoms with Gasteiger partial charge in [-0.05, 0) is 40.5 Å². The molecule has 0 saturated carbocycles. The largest absolute Gasteiger partial charge is 0.377 e. The lowest BCUT2D eigenvalue weighted by Gasteiger charge is -2.21. The molecule has 1 rings (SSSR count). The summed E-state index contributed by atoms with van der Waals surface area (Å²) < 4.78 is 7.57. The van der Waals surface area contributed by atoms with E-state index in [4.69, 9.17) is 4.74 Å². The van der Waals surface area contributed by atoms with Crippen molar-refractivity contribution in [3.63, 3.8) is 0 Å². The standard InChI is InChI=1S/C16H31N5O/c1-6-17-15(20-13-16(3,4)22-5)19-9-7-8-11-21-12-10-18-14(21)2/h10,12H,6-9,11,13H2,1-5H3,(H2,17,19,20). The lowest BCUT2D eigenvalue weighted by Crippen LogP contribution is -2.39. The van der Waals surface area contributed by atoms with E-state index in [1.165, 1.54) is 0 Å². The molecule has 22 heavy (non-hydrogen) atoms. The van der Waals surface area contributed by atoms with Crippen LogP contribution in [0.15, 0.2) is 17.4 Å². The van der Waals surface area contributed by atoms with Gasteiger partial charge in [0.15, 0.2) is 5.96 Å². The molecular formula is C16H31N5O. The van der Waals surface area contributed by atoms with Crippen LogP contribution in [0.3, 0.4) is 0 Å². The SMILES string of the molecule is CCNC(=NCC(C)(C)OC)NCCCCn1ccnc1C. The molecule has 6 heteroatoms. The van der Waals surface area contributed by atoms with Crippen LogP contribution in [0.25, 0.3) is 0 Å². The van der Waals surface area contributed by atoms with Crippen molar-refractivity contribution in [2.24, 2.45) is 4.99 Å². The Kier molecular flexibility index (Phi) is 7.95. The van der Waals surface area contributed by atoms with E-state index in [0.717, 1.165) is 44.3 Å². The van der Waals surface area contributed by atoms with Crippen LogP contribution in [0.4, 0.5) is 0 Å². The first kappa shape index (κ1) is 18.5. The molecule has 0 amide bonds. The molecule has 6 nitrogen and oxygen atoms in total. The maximum absolute atomic E-state index is 5.39. The van der Waals surface area contributed by atoms with E-state index >= 15 is 0 Å². The smallest absolute Gasteiger partial charge is 0.191 e. The maximum Gasteiger partial charge on any atom is 0.191 e. The minimum atomic E-state index is -0.235. The lowest BCUT2D eigenvalue weighted by molar-refractivity contribution is 0.0310. The monoisotopic (exact) mass is 309 g/mol. The summed E-state index contributed by atoms with van der Waals surface area (Å²) in [5.41, 5.74) is -0.235. The van der Waals surface area contributed by atoms with Gasteiger partial charge in [0.2, 0.25) is 0 Å². The van der Waals surface area contributed by atoms with Gasteiger partial charge >= 0.3 is 0 Å². The summed E-state index contributed by atoms with van der Waals surface area (Å²) >= 11 is 0. The van der Waals surface area contributed by atoms with Gasteiger partial charge < -0.3 is 19.9 Å². The minimum Gasteiger partial charge on any atom is -0.377 e. The molecule has 0 radical (unpaired) electrons. The summed E-state index contributed by atoms with van der Waals surface area (Å²) in [6.45, 7) is 11.6. The van der Waals surface area contributed by atoms with Crippen LogP contribution in [0.5, 0.6) is 0 Å². The van der Waals surface area contributed by atoms with Crippen LogP contribution >= 0.6 is 0 Å². The van der Waals surface area contributed by atoms with Crippen molar-refractivity contribution in [2.45, 2.75) is 52.7 Å². The van der Waals surface area contributed by atoms with Crippen molar-refractivity contribution in [1.29, 1.82) is 0 Å². The molecule has 0 aliphatic heterocycles. The van der Waals surface area contributed by atoms with Gasteiger partial charge in [0.05, 0.1) is 12.1 Å². The molecule has 0 atom stereocenters. The van der Waals surface area contributed by atoms with Gasteiger partial charge in [-0.2, -0.15) is 0 Å². The molecular weight excluding hydrogens is 278 g/mol. The zero-order chi connectivity index (χ0) is 16.4. The topological polar surface area (TPSA) is 63.5 Å². The fourth-order valence-electron chi connectivity index (χ4n) is 1.93. The molecule has 0 unspecified atom stereocenters. The Bertz CT molecular complexity index is 453. The molecule has 0 spiro atoms. The number of aliphatic imine (C=N–C) groups is 1. The molecule has 0 aliphatic rings. The summed E-state index contributed by atoms with van der Waals surface area (Å²) in [7, 11) is 1.72. The van der Waals surface area contributed by atoms with Gasteiger partial charge in [0, 0.05) is 39.1 Å². The first-order chi connectivity index (χ1) is 10.5. The number of unbranched alkanes of at least 4 members (excludes halogenated alkanes) is 1. The zero-order valence-corrected chi connectivity index (χ0v) is 14.6. The summed E-state index contributed by atoms with van der Waals surface area (Å²) in [5, 5.41) is 6.63. The van der Waals surface area contributed by atoms with Gasteiger partial charge in [-0.3, -0.25) is 4.99 Å². The van der Waals surface area contributed by atoms with Crippen LogP contribution in [-0.4, -0.2) is 47.9 Å². The number of methoxy groups -OCH3 is 1. The summed E-state index contributed by atoms with van der Waals surface area (Å²) in [4.78, 5) is 8.80. The van der Waals surface area contributed by atoms with Gasteiger partial charge in [-0.15, -0.1) is 0 Å². The lowest BCUT2D eigenvalue weighted by atomic mass is 10.1. The average molecular weight is 309 g/mol. The second-order valence-electron chi connectivity index (χ2n) is 5.96. The second kappa shape index (κ2) is 9.46. The third-order valence-electron chi connectivity index (χ3n) is 3.56. The Balaban J connectivity index is 2.29. The summed E-state index contributed by atoms with van der Waals surface area (Å²) in [5.74, 6) is 1.93. The molecule has 0 aromatic carbocycles. The molecule has 1 aromatic heterocycles. The summed E-state index contributed by atoms with van der Waals surface area (Å²) in [6.07, 6.45) is 6.09. The number of nitrogens with zero attached hydrogens (tertiary/aromatic N) is 3. The maximum atomic E-state index is 5.39. The highest BCUT2D eigenvalue weighted by Crippen LogP contribution is 2.07. The number of aryl methyl sites for hydroxylation is 2. The highest BCUT2D eigenvalue weighted by atomic mass is 16.5. The predicted molar refractivity (Wildman–Crippen MR) is 91.3 cm³/mol. The van der Waals surface area contributed by atoms with E-state index in [-0.39, 0.29) is 5.60 Å². The van der Waals surface area contributed by atoms with E-state index in [0.29, 0.717) is 6.54 Å². The molecule has 0 bridgehead atoms. The Morgan fingerprint density at radius 1 is 1.36 bits per heavy atom. The van der Waals surface area contributed by atoms with E-state index < -0.39 is 0 Å². The third kappa shape index (κ3) is 6.93. The Labute approximate surface area is 134 Å². The second-order valence-corrected chi connectivity index (χ2v) is 5.96. The van der Waals surface area contributed by atoms with Crippen molar-refractivity contribution in [3.05, 3.63) is 18.2 Å². The number of hydrogen-bond acceptors (Lipinski definition) is 3. The van der Waals surface area contributed by atoms with E-state index in [1.54, 1.807) is 7.11 Å². The van der Waals surface area contributed by atoms with Crippen molar-refractivity contribution >= 4 is 5.96 Å². The zero-order valence-electron chi connectivity index (χ0n) is 14.6. The van der Waals surface area contributed by atoms with Crippen LogP contribution in [0.2, 0.25) is 0 Å². The number of ether oxygens (including phenoxy) is 1. The van der Waals surface area contributed by atoms with E-state index in [2.05, 4.69) is 32.1 Å². The number of guanidine groups is 1. The normalized spacial score (nSPS) is 12.5. The Morgan fingerprint density at radius 2 is 2.14 bits per heavy atom. The van der Waals surface area contributed by atoms with Gasteiger partial charge in [0.1, 0.15) is 5.82 Å². The fourth-order valence-corrected chi connectivity index (χ4v) is 1.93. The highest BCUT2D eigenvalue weighted by Gasteiger charge is 2.15. The van der Waals surface area contributed by atoms with Crippen LogP contribution < -0.4 is 10.6 Å². The van der Waals surface area contributed by atoms with Crippen molar-refractivity contribution < 1.29 is 4.74 Å². The number of hydrogen-bond donors (Lipinski definition) is 2. The van der Waals surface area contributed by atoms with Crippen molar-refractivity contribution in [2.75, 3.05) is 26.7 Å². The Morgan fingerprint density at radius 3 is 2.73 bits per heavy atom. The fraction of sp³-hybridized carbons (Fsp3) is 0.750. The van der Waals surface area contributed by atoms with Gasteiger partial charge in [-0.1, -0.05) is 0 Å². The molecule has 126 valence electrons. The predicted octanol–water partition coefficient (Wildman–Crippen LogP) is 1.95. The molecule has 0 saturated heterocycles. The molecule has 0 fully saturated rings. The molecule has 2 N–H and O–H groups in total. The number of imidazole rings is 1. The Hall–Kier alpha value is -1.56. The van der Waals surface area contributed by atoms with Crippen LogP contribution in [0.1, 0.15) is 39.4 Å². The minimum absolute atomic E-state index is 0.235. The van der Waals surface area contributed by atoms with Gasteiger partial charge in [-0.25, -0.2) is 4.98 Å². The first-order valence-corrected chi connectivity index (χ1v) is 8.03. The summed E-state index contributed by atoms with van der Waals surface area (Å²) in [6, 6.07) is 0. The third-order valence-corrected chi connectivity index (χ3v) is 3.56. The number of rotatable bonds is 9. The molecule has 1 aromatic rings. The quantitative estimate of drug-likeness (QED) is 0.416. The van der Waals surface area contributed by atoms with Crippen LogP contribution in [0, 0.1) is 6.92 Å². The molecule has 1 heterocycles. The van der Waals surface area contributed by atoms with Crippen molar-refractivity contribution in [1.82, 2.24) is 20.2 Å². The molecule has 0 aliphatic carbocycles. The number of nitrogens with one attached hydrogen (secondary N) is 2.